The number of esters is 1. The molecule has 0 aromatic rings. The number of methoxy groups -OCH3 is 1. The van der Waals surface area contributed by atoms with Gasteiger partial charge in [0.05, 0.1) is 12.7 Å². The van der Waals surface area contributed by atoms with Gasteiger partial charge in [0.15, 0.2) is 0 Å². The van der Waals surface area contributed by atoms with Crippen LogP contribution in [0.3, 0.4) is 0 Å². The minimum Gasteiger partial charge on any atom is -0.465 e. The van der Waals surface area contributed by atoms with Crippen molar-refractivity contribution in [2.45, 2.75) is 57.6 Å². The number of unbranched alkanes of at least 4 members (excludes halogenated alkanes) is 4. The van der Waals surface area contributed by atoms with Gasteiger partial charge < -0.3 is 14.8 Å². The number of hydrogen-bond donors (Lipinski definition) is 1. The van der Waals surface area contributed by atoms with Crippen molar-refractivity contribution >= 4 is 5.97 Å². The Hall–Kier alpha value is -0.610. The molecule has 1 aliphatic rings. The van der Waals surface area contributed by atoms with Crippen LogP contribution in [0.1, 0.15) is 45.4 Å². The highest BCUT2D eigenvalue weighted by molar-refractivity contribution is 5.76. The number of rotatable bonds is 8. The second-order valence-electron chi connectivity index (χ2n) is 4.64. The Morgan fingerprint density at radius 1 is 1.29 bits per heavy atom. The summed E-state index contributed by atoms with van der Waals surface area (Å²) >= 11 is 0. The lowest BCUT2D eigenvalue weighted by molar-refractivity contribution is -0.146. The van der Waals surface area contributed by atoms with Crippen molar-refractivity contribution in [3.8, 4) is 0 Å². The summed E-state index contributed by atoms with van der Waals surface area (Å²) in [5.41, 5.74) is 0. The molecule has 0 aliphatic carbocycles. The van der Waals surface area contributed by atoms with Crippen molar-refractivity contribution in [1.82, 2.24) is 5.32 Å². The zero-order valence-corrected chi connectivity index (χ0v) is 11.0. The first-order chi connectivity index (χ1) is 8.27. The van der Waals surface area contributed by atoms with E-state index in [-0.39, 0.29) is 18.1 Å². The summed E-state index contributed by atoms with van der Waals surface area (Å²) in [6.07, 6.45) is 6.76. The normalized spacial score (nSPS) is 23.9. The number of hydrogen-bond acceptors (Lipinski definition) is 4. The zero-order chi connectivity index (χ0) is 12.5. The van der Waals surface area contributed by atoms with Gasteiger partial charge in [-0.25, -0.2) is 0 Å². The van der Waals surface area contributed by atoms with Gasteiger partial charge in [-0.2, -0.15) is 0 Å². The van der Waals surface area contributed by atoms with Crippen LogP contribution in [0.25, 0.3) is 0 Å². The largest absolute Gasteiger partial charge is 0.465 e. The molecule has 1 N–H and O–H groups in total. The van der Waals surface area contributed by atoms with Gasteiger partial charge in [0.1, 0.15) is 6.04 Å². The minimum absolute atomic E-state index is 0.125. The molecule has 1 rings (SSSR count). The lowest BCUT2D eigenvalue weighted by Crippen LogP contribution is -2.32. The van der Waals surface area contributed by atoms with E-state index in [4.69, 9.17) is 9.47 Å². The molecule has 0 spiro atoms. The number of carbonyl (C=O) groups is 1. The van der Waals surface area contributed by atoms with Gasteiger partial charge in [-0.1, -0.05) is 32.6 Å². The van der Waals surface area contributed by atoms with Crippen molar-refractivity contribution in [1.29, 1.82) is 0 Å². The lowest BCUT2D eigenvalue weighted by Gasteiger charge is -2.10. The maximum Gasteiger partial charge on any atom is 0.323 e. The monoisotopic (exact) mass is 243 g/mol. The van der Waals surface area contributed by atoms with Crippen molar-refractivity contribution in [3.05, 3.63) is 0 Å². The lowest BCUT2D eigenvalue weighted by atomic mass is 10.2. The summed E-state index contributed by atoms with van der Waals surface area (Å²) in [5.74, 6) is -0.125. The molecule has 0 radical (unpaired) electrons. The van der Waals surface area contributed by atoms with E-state index in [0.717, 1.165) is 25.8 Å². The number of nitrogens with one attached hydrogen (secondary N) is 1. The van der Waals surface area contributed by atoms with E-state index >= 15 is 0 Å². The van der Waals surface area contributed by atoms with Crippen molar-refractivity contribution in [2.75, 3.05) is 20.3 Å². The number of carbonyl (C=O) groups excluding carboxylic acids is 1. The molecule has 4 heteroatoms. The molecule has 1 aliphatic heterocycles. The molecule has 0 aromatic carbocycles. The Labute approximate surface area is 104 Å². The fourth-order valence-electron chi connectivity index (χ4n) is 2.04. The quantitative estimate of drug-likeness (QED) is 0.522. The maximum atomic E-state index is 11.7. The first-order valence-corrected chi connectivity index (χ1v) is 6.70. The van der Waals surface area contributed by atoms with E-state index in [1.54, 1.807) is 7.11 Å². The third kappa shape index (κ3) is 5.50. The van der Waals surface area contributed by atoms with Crippen molar-refractivity contribution in [2.24, 2.45) is 0 Å². The van der Waals surface area contributed by atoms with E-state index in [2.05, 4.69) is 12.2 Å². The van der Waals surface area contributed by atoms with Gasteiger partial charge in [-0.3, -0.25) is 4.79 Å². The fraction of sp³-hybridized carbons (Fsp3) is 0.923. The summed E-state index contributed by atoms with van der Waals surface area (Å²) in [4.78, 5) is 11.7. The van der Waals surface area contributed by atoms with E-state index in [1.807, 2.05) is 0 Å². The Bertz CT molecular complexity index is 221. The van der Waals surface area contributed by atoms with Gasteiger partial charge in [-0.05, 0) is 6.42 Å². The molecule has 0 amide bonds. The Balaban J connectivity index is 2.01. The van der Waals surface area contributed by atoms with Gasteiger partial charge >= 0.3 is 5.97 Å². The zero-order valence-electron chi connectivity index (χ0n) is 11.0. The summed E-state index contributed by atoms with van der Waals surface area (Å²) in [6.45, 7) is 3.49. The molecule has 0 aromatic heterocycles. The maximum absolute atomic E-state index is 11.7. The second-order valence-corrected chi connectivity index (χ2v) is 4.64. The van der Waals surface area contributed by atoms with Crippen LogP contribution in [0.2, 0.25) is 0 Å². The highest BCUT2D eigenvalue weighted by atomic mass is 16.5. The molecule has 2 atom stereocenters. The average molecular weight is 243 g/mol. The fourth-order valence-corrected chi connectivity index (χ4v) is 2.04. The molecular weight excluding hydrogens is 218 g/mol. The molecule has 4 nitrogen and oxygen atoms in total. The molecule has 1 fully saturated rings. The van der Waals surface area contributed by atoms with Crippen LogP contribution in [0, 0.1) is 0 Å². The summed E-state index contributed by atoms with van der Waals surface area (Å²) < 4.78 is 10.4. The standard InChI is InChI=1S/C13H25NO3/c1-3-4-5-6-7-8-17-13(15)12-9-11(16-2)10-14-12/h11-12,14H,3-10H2,1-2H3. The molecular formula is C13H25NO3. The Kier molecular flexibility index (Phi) is 7.21. The van der Waals surface area contributed by atoms with Crippen LogP contribution in [-0.2, 0) is 14.3 Å². The Morgan fingerprint density at radius 2 is 2.06 bits per heavy atom. The predicted octanol–water partition coefficient (Wildman–Crippen LogP) is 1.88. The van der Waals surface area contributed by atoms with E-state index in [9.17, 15) is 4.79 Å². The SMILES string of the molecule is CCCCCCCOC(=O)C1CC(OC)CN1. The molecule has 1 heterocycles. The van der Waals surface area contributed by atoms with Gasteiger partial charge in [0.2, 0.25) is 0 Å². The van der Waals surface area contributed by atoms with Crippen molar-refractivity contribution < 1.29 is 14.3 Å². The molecule has 17 heavy (non-hydrogen) atoms. The molecule has 0 bridgehead atoms. The van der Waals surface area contributed by atoms with Crippen LogP contribution < -0.4 is 5.32 Å². The van der Waals surface area contributed by atoms with Gasteiger partial charge in [0, 0.05) is 20.1 Å². The van der Waals surface area contributed by atoms with Crippen LogP contribution in [-0.4, -0.2) is 38.4 Å². The molecule has 1 saturated heterocycles. The third-order valence-electron chi connectivity index (χ3n) is 3.20. The third-order valence-corrected chi connectivity index (χ3v) is 3.20. The second kappa shape index (κ2) is 8.48. The van der Waals surface area contributed by atoms with Crippen LogP contribution >= 0.6 is 0 Å². The minimum atomic E-state index is -0.171. The topological polar surface area (TPSA) is 47.6 Å². The van der Waals surface area contributed by atoms with E-state index in [0.29, 0.717) is 6.61 Å². The Morgan fingerprint density at radius 3 is 2.71 bits per heavy atom. The van der Waals surface area contributed by atoms with Crippen molar-refractivity contribution in [3.63, 3.8) is 0 Å². The summed E-state index contributed by atoms with van der Waals surface area (Å²) in [7, 11) is 1.67. The van der Waals surface area contributed by atoms with E-state index < -0.39 is 0 Å². The van der Waals surface area contributed by atoms with Crippen LogP contribution in [0.5, 0.6) is 0 Å². The summed E-state index contributed by atoms with van der Waals surface area (Å²) in [6, 6.07) is -0.171. The molecule has 100 valence electrons. The highest BCUT2D eigenvalue weighted by Gasteiger charge is 2.30. The first-order valence-electron chi connectivity index (χ1n) is 6.70. The van der Waals surface area contributed by atoms with Crippen LogP contribution in [0.4, 0.5) is 0 Å². The molecule has 2 unspecified atom stereocenters. The molecule has 0 saturated carbocycles. The average Bonchev–Trinajstić information content (AvgIpc) is 2.82. The highest BCUT2D eigenvalue weighted by Crippen LogP contribution is 2.11. The van der Waals surface area contributed by atoms with Gasteiger partial charge in [-0.15, -0.1) is 0 Å². The van der Waals surface area contributed by atoms with E-state index in [1.165, 1.54) is 19.3 Å². The first kappa shape index (κ1) is 14.5. The van der Waals surface area contributed by atoms with Gasteiger partial charge in [0.25, 0.3) is 0 Å². The summed E-state index contributed by atoms with van der Waals surface area (Å²) in [5, 5.41) is 3.12. The van der Waals surface area contributed by atoms with Crippen LogP contribution in [0.15, 0.2) is 0 Å². The number of ether oxygens (including phenoxy) is 2. The smallest absolute Gasteiger partial charge is 0.323 e. The predicted molar refractivity (Wildman–Crippen MR) is 66.9 cm³/mol.